The maximum Gasteiger partial charge on any atom is 0.513 e. The Bertz CT molecular complexity index is 926. The zero-order valence-corrected chi connectivity index (χ0v) is 23.2. The highest BCUT2D eigenvalue weighted by Crippen LogP contribution is 2.40. The molecule has 7 heteroatoms. The molecule has 2 fully saturated rings. The average molecular weight is 527 g/mol. The second-order valence-corrected chi connectivity index (χ2v) is 11.5. The van der Waals surface area contributed by atoms with Gasteiger partial charge in [0, 0.05) is 25.7 Å². The SMILES string of the molecule is CC(C)(OOC1(OC(=O)OC2(OOC(C)(C)c3ccccc3)CCCCC2)CCCCC1)c1ccccc1. The van der Waals surface area contributed by atoms with Crippen LogP contribution in [0.15, 0.2) is 60.7 Å². The second kappa shape index (κ2) is 12.2. The lowest BCUT2D eigenvalue weighted by Crippen LogP contribution is -2.46. The summed E-state index contributed by atoms with van der Waals surface area (Å²) in [6.07, 6.45) is 6.79. The Morgan fingerprint density at radius 2 is 0.921 bits per heavy atom. The van der Waals surface area contributed by atoms with Gasteiger partial charge in [0.2, 0.25) is 11.6 Å². The number of carbonyl (C=O) groups excluding carboxylic acids is 1. The Kier molecular flexibility index (Phi) is 9.14. The highest BCUT2D eigenvalue weighted by Gasteiger charge is 2.46. The predicted molar refractivity (Wildman–Crippen MR) is 142 cm³/mol. The minimum Gasteiger partial charge on any atom is -0.399 e. The van der Waals surface area contributed by atoms with Crippen molar-refractivity contribution in [3.05, 3.63) is 71.8 Å². The first-order valence-electron chi connectivity index (χ1n) is 13.9. The molecule has 208 valence electrons. The first-order valence-corrected chi connectivity index (χ1v) is 13.9. The molecule has 0 spiro atoms. The topological polar surface area (TPSA) is 72.5 Å². The van der Waals surface area contributed by atoms with E-state index in [0.717, 1.165) is 49.7 Å². The molecule has 0 bridgehead atoms. The molecular formula is C31H42O7. The maximum atomic E-state index is 13.3. The molecule has 0 amide bonds. The molecule has 0 N–H and O–H groups in total. The van der Waals surface area contributed by atoms with Gasteiger partial charge in [0.25, 0.3) is 0 Å². The normalized spacial score (nSPS) is 19.5. The third-order valence-corrected chi connectivity index (χ3v) is 7.51. The van der Waals surface area contributed by atoms with Crippen molar-refractivity contribution in [3.63, 3.8) is 0 Å². The summed E-state index contributed by atoms with van der Waals surface area (Å²) >= 11 is 0. The van der Waals surface area contributed by atoms with Crippen molar-refractivity contribution >= 4 is 6.16 Å². The van der Waals surface area contributed by atoms with Crippen molar-refractivity contribution in [3.8, 4) is 0 Å². The van der Waals surface area contributed by atoms with Crippen molar-refractivity contribution in [2.45, 2.75) is 115 Å². The first kappa shape index (κ1) is 28.6. The van der Waals surface area contributed by atoms with Crippen molar-refractivity contribution < 1.29 is 33.8 Å². The highest BCUT2D eigenvalue weighted by molar-refractivity contribution is 5.61. The molecule has 2 aliphatic carbocycles. The third-order valence-electron chi connectivity index (χ3n) is 7.51. The van der Waals surface area contributed by atoms with E-state index in [0.29, 0.717) is 25.7 Å². The van der Waals surface area contributed by atoms with Crippen LogP contribution in [-0.2, 0) is 40.2 Å². The fourth-order valence-electron chi connectivity index (χ4n) is 5.05. The first-order chi connectivity index (χ1) is 18.1. The molecule has 7 nitrogen and oxygen atoms in total. The number of rotatable bonds is 10. The van der Waals surface area contributed by atoms with Crippen LogP contribution in [0.3, 0.4) is 0 Å². The van der Waals surface area contributed by atoms with Crippen molar-refractivity contribution in [2.24, 2.45) is 0 Å². The fraction of sp³-hybridized carbons (Fsp3) is 0.581. The van der Waals surface area contributed by atoms with Gasteiger partial charge in [-0.1, -0.05) is 73.5 Å². The molecule has 2 aromatic rings. The van der Waals surface area contributed by atoms with Gasteiger partial charge in [-0.2, -0.15) is 9.78 Å². The Labute approximate surface area is 226 Å². The lowest BCUT2D eigenvalue weighted by Gasteiger charge is -2.40. The zero-order chi connectivity index (χ0) is 27.1. The van der Waals surface area contributed by atoms with Gasteiger partial charge in [-0.15, -0.1) is 0 Å². The maximum absolute atomic E-state index is 13.3. The van der Waals surface area contributed by atoms with Crippen LogP contribution in [0.1, 0.15) is 103 Å². The van der Waals surface area contributed by atoms with Crippen LogP contribution in [-0.4, -0.2) is 17.7 Å². The van der Waals surface area contributed by atoms with E-state index in [1.165, 1.54) is 0 Å². The monoisotopic (exact) mass is 526 g/mol. The molecule has 0 heterocycles. The largest absolute Gasteiger partial charge is 0.513 e. The van der Waals surface area contributed by atoms with E-state index in [1.54, 1.807) is 0 Å². The molecule has 2 saturated carbocycles. The van der Waals surface area contributed by atoms with Crippen LogP contribution in [0, 0.1) is 0 Å². The molecule has 0 aromatic heterocycles. The van der Waals surface area contributed by atoms with Gasteiger partial charge in [0.1, 0.15) is 11.2 Å². The van der Waals surface area contributed by atoms with Crippen LogP contribution >= 0.6 is 0 Å². The minimum atomic E-state index is -1.22. The zero-order valence-electron chi connectivity index (χ0n) is 23.2. The van der Waals surface area contributed by atoms with Gasteiger partial charge in [-0.25, -0.2) is 14.6 Å². The Morgan fingerprint density at radius 3 is 1.26 bits per heavy atom. The Hall–Kier alpha value is -2.45. The fourth-order valence-corrected chi connectivity index (χ4v) is 5.05. The highest BCUT2D eigenvalue weighted by atomic mass is 17.3. The molecule has 0 aliphatic heterocycles. The van der Waals surface area contributed by atoms with Crippen molar-refractivity contribution in [1.82, 2.24) is 0 Å². The van der Waals surface area contributed by atoms with Crippen LogP contribution in [0.2, 0.25) is 0 Å². The van der Waals surface area contributed by atoms with Crippen LogP contribution in [0.4, 0.5) is 4.79 Å². The molecule has 2 aliphatic rings. The minimum absolute atomic E-state index is 0.526. The van der Waals surface area contributed by atoms with Gasteiger partial charge in [-0.3, -0.25) is 0 Å². The van der Waals surface area contributed by atoms with E-state index in [2.05, 4.69) is 0 Å². The second-order valence-electron chi connectivity index (χ2n) is 11.5. The van der Waals surface area contributed by atoms with Gasteiger partial charge in [-0.05, 0) is 64.5 Å². The van der Waals surface area contributed by atoms with E-state index in [9.17, 15) is 4.79 Å². The molecule has 0 unspecified atom stereocenters. The summed E-state index contributed by atoms with van der Waals surface area (Å²) in [5, 5.41) is 0. The molecule has 38 heavy (non-hydrogen) atoms. The van der Waals surface area contributed by atoms with E-state index in [-0.39, 0.29) is 0 Å². The number of benzene rings is 2. The predicted octanol–water partition coefficient (Wildman–Crippen LogP) is 8.23. The van der Waals surface area contributed by atoms with Crippen LogP contribution in [0.5, 0.6) is 0 Å². The lowest BCUT2D eigenvalue weighted by atomic mass is 9.94. The molecule has 0 atom stereocenters. The van der Waals surface area contributed by atoms with Crippen molar-refractivity contribution in [1.29, 1.82) is 0 Å². The number of hydrogen-bond acceptors (Lipinski definition) is 7. The standard InChI is InChI=1S/C31H42O7/c1-28(2,25-17-9-5-10-18-25)35-37-30(21-13-7-14-22-30)33-27(32)34-31(23-15-8-16-24-31)38-36-29(3,4)26-19-11-6-12-20-26/h5-6,9-12,17-20H,7-8,13-16,21-24H2,1-4H3. The molecule has 0 saturated heterocycles. The summed E-state index contributed by atoms with van der Waals surface area (Å²) < 4.78 is 11.8. The van der Waals surface area contributed by atoms with E-state index >= 15 is 0 Å². The summed E-state index contributed by atoms with van der Waals surface area (Å²) in [7, 11) is 0. The number of hydrogen-bond donors (Lipinski definition) is 0. The van der Waals surface area contributed by atoms with Gasteiger partial charge < -0.3 is 9.47 Å². The molecule has 2 aromatic carbocycles. The quantitative estimate of drug-likeness (QED) is 0.134. The van der Waals surface area contributed by atoms with E-state index in [4.69, 9.17) is 29.0 Å². The summed E-state index contributed by atoms with van der Waals surface area (Å²) in [4.78, 5) is 37.0. The summed E-state index contributed by atoms with van der Waals surface area (Å²) in [6.45, 7) is 7.70. The van der Waals surface area contributed by atoms with Crippen LogP contribution in [0.25, 0.3) is 0 Å². The summed E-state index contributed by atoms with van der Waals surface area (Å²) in [6, 6.07) is 19.6. The number of carbonyl (C=O) groups is 1. The number of ether oxygens (including phenoxy) is 2. The van der Waals surface area contributed by atoms with E-state index < -0.39 is 28.9 Å². The summed E-state index contributed by atoms with van der Waals surface area (Å²) in [5.74, 6) is -2.44. The van der Waals surface area contributed by atoms with Gasteiger partial charge >= 0.3 is 6.16 Å². The van der Waals surface area contributed by atoms with Gasteiger partial charge in [0.15, 0.2) is 0 Å². The van der Waals surface area contributed by atoms with Crippen molar-refractivity contribution in [2.75, 3.05) is 0 Å². The molecule has 0 radical (unpaired) electrons. The van der Waals surface area contributed by atoms with Gasteiger partial charge in [0.05, 0.1) is 0 Å². The van der Waals surface area contributed by atoms with Crippen LogP contribution < -0.4 is 0 Å². The van der Waals surface area contributed by atoms with E-state index in [1.807, 2.05) is 88.4 Å². The Morgan fingerprint density at radius 1 is 0.579 bits per heavy atom. The smallest absolute Gasteiger partial charge is 0.399 e. The summed E-state index contributed by atoms with van der Waals surface area (Å²) in [5.41, 5.74) is 0.454. The molecule has 4 rings (SSSR count). The Balaban J connectivity index is 1.43. The third kappa shape index (κ3) is 7.35. The average Bonchev–Trinajstić information content (AvgIpc) is 2.93. The lowest BCUT2D eigenvalue weighted by molar-refractivity contribution is -0.476. The molecular weight excluding hydrogens is 484 g/mol.